The van der Waals surface area contributed by atoms with Crippen LogP contribution in [0.4, 0.5) is 4.79 Å². The lowest BCUT2D eigenvalue weighted by atomic mass is 10.1. The van der Waals surface area contributed by atoms with Gasteiger partial charge in [-0.2, -0.15) is 5.26 Å². The van der Waals surface area contributed by atoms with E-state index in [1.54, 1.807) is 18.2 Å². The molecule has 0 spiro atoms. The van der Waals surface area contributed by atoms with Gasteiger partial charge in [0.05, 0.1) is 7.11 Å². The van der Waals surface area contributed by atoms with E-state index in [1.807, 2.05) is 56.0 Å². The molecule has 1 N–H and O–H groups in total. The quantitative estimate of drug-likeness (QED) is 0.567. The van der Waals surface area contributed by atoms with E-state index in [9.17, 15) is 14.9 Å². The van der Waals surface area contributed by atoms with Crippen molar-refractivity contribution in [3.8, 4) is 11.8 Å². The minimum absolute atomic E-state index is 0.0513. The number of amides is 2. The number of nitrogens with zero attached hydrogens (tertiary/aromatic N) is 3. The van der Waals surface area contributed by atoms with Crippen molar-refractivity contribution in [1.29, 1.82) is 5.26 Å². The van der Waals surface area contributed by atoms with E-state index < -0.39 is 11.5 Å². The summed E-state index contributed by atoms with van der Waals surface area (Å²) in [5.41, 5.74) is 0.582. The Labute approximate surface area is 178 Å². The molecule has 8 nitrogen and oxygen atoms in total. The third-order valence-corrected chi connectivity index (χ3v) is 4.50. The van der Waals surface area contributed by atoms with Crippen molar-refractivity contribution in [2.24, 2.45) is 0 Å². The SMILES string of the molecule is COc1ccc(CCNC(=O)/C(C#N)=C\N2CCN(C(=O)OC(C)(C)C)CC2)cc1. The lowest BCUT2D eigenvalue weighted by molar-refractivity contribution is -0.117. The zero-order valence-electron chi connectivity index (χ0n) is 18.1. The van der Waals surface area contributed by atoms with Gasteiger partial charge in [-0.25, -0.2) is 4.79 Å². The Hall–Kier alpha value is -3.21. The normalized spacial score (nSPS) is 14.7. The first-order valence-corrected chi connectivity index (χ1v) is 9.97. The van der Waals surface area contributed by atoms with Gasteiger partial charge >= 0.3 is 6.09 Å². The number of rotatable bonds is 6. The first kappa shape index (κ1) is 23.1. The summed E-state index contributed by atoms with van der Waals surface area (Å²) < 4.78 is 10.5. The molecule has 1 saturated heterocycles. The molecule has 0 aromatic heterocycles. The topological polar surface area (TPSA) is 94.9 Å². The van der Waals surface area contributed by atoms with Crippen molar-refractivity contribution in [3.05, 3.63) is 41.6 Å². The molecule has 1 aromatic rings. The fourth-order valence-corrected chi connectivity index (χ4v) is 2.89. The predicted molar refractivity (Wildman–Crippen MR) is 113 cm³/mol. The smallest absolute Gasteiger partial charge is 0.410 e. The second kappa shape index (κ2) is 10.5. The van der Waals surface area contributed by atoms with Crippen molar-refractivity contribution in [2.45, 2.75) is 32.8 Å². The molecule has 8 heteroatoms. The zero-order chi connectivity index (χ0) is 22.1. The predicted octanol–water partition coefficient (Wildman–Crippen LogP) is 2.31. The standard InChI is InChI=1S/C22H30N4O4/c1-22(2,3)30-21(28)26-13-11-25(12-14-26)16-18(15-23)20(27)24-10-9-17-5-7-19(29-4)8-6-17/h5-8,16H,9-14H2,1-4H3,(H,24,27)/b18-16-. The highest BCUT2D eigenvalue weighted by atomic mass is 16.6. The van der Waals surface area contributed by atoms with Crippen LogP contribution in [0.5, 0.6) is 5.75 Å². The summed E-state index contributed by atoms with van der Waals surface area (Å²) >= 11 is 0. The van der Waals surface area contributed by atoms with Crippen molar-refractivity contribution in [3.63, 3.8) is 0 Å². The van der Waals surface area contributed by atoms with E-state index in [0.717, 1.165) is 11.3 Å². The van der Waals surface area contributed by atoms with Gasteiger partial charge in [-0.1, -0.05) is 12.1 Å². The minimum atomic E-state index is -0.536. The molecule has 1 aliphatic heterocycles. The third-order valence-electron chi connectivity index (χ3n) is 4.50. The van der Waals surface area contributed by atoms with E-state index in [0.29, 0.717) is 39.1 Å². The van der Waals surface area contributed by atoms with Crippen LogP contribution in [0, 0.1) is 11.3 Å². The Morgan fingerprint density at radius 3 is 2.33 bits per heavy atom. The largest absolute Gasteiger partial charge is 0.497 e. The molecule has 1 aromatic carbocycles. The maximum Gasteiger partial charge on any atom is 0.410 e. The van der Waals surface area contributed by atoms with Crippen LogP contribution in [-0.2, 0) is 16.0 Å². The summed E-state index contributed by atoms with van der Waals surface area (Å²) in [6, 6.07) is 9.58. The van der Waals surface area contributed by atoms with Crippen LogP contribution in [0.1, 0.15) is 26.3 Å². The number of benzene rings is 1. The number of nitriles is 1. The molecule has 0 saturated carbocycles. The van der Waals surface area contributed by atoms with Crippen molar-refractivity contribution < 1.29 is 19.1 Å². The summed E-state index contributed by atoms with van der Waals surface area (Å²) in [7, 11) is 1.61. The minimum Gasteiger partial charge on any atom is -0.497 e. The van der Waals surface area contributed by atoms with Gasteiger partial charge < -0.3 is 24.6 Å². The summed E-state index contributed by atoms with van der Waals surface area (Å²) in [5.74, 6) is 0.379. The van der Waals surface area contributed by atoms with Crippen molar-refractivity contribution in [1.82, 2.24) is 15.1 Å². The molecule has 2 rings (SSSR count). The Balaban J connectivity index is 1.81. The molecule has 1 aliphatic rings. The summed E-state index contributed by atoms with van der Waals surface area (Å²) in [4.78, 5) is 28.0. The van der Waals surface area contributed by atoms with Gasteiger partial charge in [0.15, 0.2) is 0 Å². The molecule has 1 heterocycles. The number of carbonyl (C=O) groups excluding carboxylic acids is 2. The molecule has 0 unspecified atom stereocenters. The number of hydrogen-bond donors (Lipinski definition) is 1. The van der Waals surface area contributed by atoms with Crippen LogP contribution in [-0.4, -0.2) is 67.2 Å². The molecule has 30 heavy (non-hydrogen) atoms. The number of methoxy groups -OCH3 is 1. The molecular formula is C22H30N4O4. The second-order valence-corrected chi connectivity index (χ2v) is 8.01. The Kier molecular flexibility index (Phi) is 8.10. The second-order valence-electron chi connectivity index (χ2n) is 8.01. The molecular weight excluding hydrogens is 384 g/mol. The molecule has 0 bridgehead atoms. The zero-order valence-corrected chi connectivity index (χ0v) is 18.1. The fourth-order valence-electron chi connectivity index (χ4n) is 2.89. The van der Waals surface area contributed by atoms with Crippen LogP contribution in [0.25, 0.3) is 0 Å². The first-order chi connectivity index (χ1) is 14.2. The lowest BCUT2D eigenvalue weighted by Crippen LogP contribution is -2.48. The number of carbonyl (C=O) groups is 2. The molecule has 0 aliphatic carbocycles. The van der Waals surface area contributed by atoms with E-state index in [4.69, 9.17) is 9.47 Å². The molecule has 0 atom stereocenters. The average Bonchev–Trinajstić information content (AvgIpc) is 2.71. The summed E-state index contributed by atoms with van der Waals surface area (Å²) in [6.45, 7) is 7.93. The fraction of sp³-hybridized carbons (Fsp3) is 0.500. The van der Waals surface area contributed by atoms with Gasteiger partial charge in [0.25, 0.3) is 5.91 Å². The number of hydrogen-bond acceptors (Lipinski definition) is 6. The van der Waals surface area contributed by atoms with Gasteiger partial charge in [-0.3, -0.25) is 4.79 Å². The highest BCUT2D eigenvalue weighted by molar-refractivity contribution is 5.97. The van der Waals surface area contributed by atoms with E-state index in [-0.39, 0.29) is 11.7 Å². The van der Waals surface area contributed by atoms with E-state index in [2.05, 4.69) is 5.32 Å². The van der Waals surface area contributed by atoms with Crippen LogP contribution < -0.4 is 10.1 Å². The van der Waals surface area contributed by atoms with Crippen molar-refractivity contribution >= 4 is 12.0 Å². The monoisotopic (exact) mass is 414 g/mol. The van der Waals surface area contributed by atoms with Gasteiger partial charge in [0.1, 0.15) is 23.0 Å². The van der Waals surface area contributed by atoms with Crippen LogP contribution in [0.2, 0.25) is 0 Å². The van der Waals surface area contributed by atoms with Gasteiger partial charge in [0.2, 0.25) is 0 Å². The first-order valence-electron chi connectivity index (χ1n) is 9.97. The number of nitrogens with one attached hydrogen (secondary N) is 1. The Morgan fingerprint density at radius 2 is 1.80 bits per heavy atom. The number of ether oxygens (including phenoxy) is 2. The summed E-state index contributed by atoms with van der Waals surface area (Å²) in [6.07, 6.45) is 1.88. The van der Waals surface area contributed by atoms with Gasteiger partial charge in [-0.15, -0.1) is 0 Å². The Morgan fingerprint density at radius 1 is 1.17 bits per heavy atom. The van der Waals surface area contributed by atoms with E-state index >= 15 is 0 Å². The third kappa shape index (κ3) is 7.32. The van der Waals surface area contributed by atoms with Crippen LogP contribution in [0.3, 0.4) is 0 Å². The molecule has 1 fully saturated rings. The summed E-state index contributed by atoms with van der Waals surface area (Å²) in [5, 5.41) is 12.1. The average molecular weight is 415 g/mol. The molecule has 2 amide bonds. The van der Waals surface area contributed by atoms with Gasteiger partial charge in [-0.05, 0) is 44.9 Å². The van der Waals surface area contributed by atoms with Crippen LogP contribution in [0.15, 0.2) is 36.0 Å². The van der Waals surface area contributed by atoms with E-state index in [1.165, 1.54) is 0 Å². The molecule has 0 radical (unpaired) electrons. The van der Waals surface area contributed by atoms with Crippen LogP contribution >= 0.6 is 0 Å². The molecule has 162 valence electrons. The number of piperazine rings is 1. The lowest BCUT2D eigenvalue weighted by Gasteiger charge is -2.35. The maximum atomic E-state index is 12.3. The highest BCUT2D eigenvalue weighted by Crippen LogP contribution is 2.13. The highest BCUT2D eigenvalue weighted by Gasteiger charge is 2.25. The Bertz CT molecular complexity index is 798. The van der Waals surface area contributed by atoms with Crippen molar-refractivity contribution in [2.75, 3.05) is 39.8 Å². The van der Waals surface area contributed by atoms with Gasteiger partial charge in [0, 0.05) is 38.9 Å². The maximum absolute atomic E-state index is 12.3.